The van der Waals surface area contributed by atoms with Crippen LogP contribution in [0.15, 0.2) is 0 Å². The summed E-state index contributed by atoms with van der Waals surface area (Å²) >= 11 is 0. The molecule has 1 rings (SSSR count). The van der Waals surface area contributed by atoms with E-state index in [1.165, 1.54) is 14.2 Å². The molecule has 1 fully saturated rings. The molecule has 0 aromatic rings. The summed E-state index contributed by atoms with van der Waals surface area (Å²) in [6, 6.07) is 0. The minimum absolute atomic E-state index is 0.0690. The van der Waals surface area contributed by atoms with Crippen LogP contribution in [0.1, 0.15) is 0 Å². The first-order valence-corrected chi connectivity index (χ1v) is 3.74. The molecule has 0 radical (unpaired) electrons. The molecule has 0 aromatic carbocycles. The van der Waals surface area contributed by atoms with Gasteiger partial charge in [0.25, 0.3) is 0 Å². The number of rotatable bonds is 2. The van der Waals surface area contributed by atoms with E-state index in [1.807, 2.05) is 0 Å². The number of hydrogen-bond donors (Lipinski definition) is 2. The Kier molecular flexibility index (Phi) is 3.42. The van der Waals surface area contributed by atoms with E-state index in [2.05, 4.69) is 0 Å². The molecule has 0 aliphatic carbocycles. The van der Waals surface area contributed by atoms with E-state index < -0.39 is 24.6 Å². The van der Waals surface area contributed by atoms with Crippen LogP contribution in [0.4, 0.5) is 0 Å². The van der Waals surface area contributed by atoms with Gasteiger partial charge in [-0.05, 0) is 0 Å². The van der Waals surface area contributed by atoms with Crippen LogP contribution in [0.25, 0.3) is 0 Å². The molecule has 1 aliphatic heterocycles. The molecule has 0 spiro atoms. The molecule has 12 heavy (non-hydrogen) atoms. The molecular formula is C7H14O5. The first kappa shape index (κ1) is 9.88. The van der Waals surface area contributed by atoms with Crippen LogP contribution >= 0.6 is 0 Å². The third-order valence-electron chi connectivity index (χ3n) is 1.97. The van der Waals surface area contributed by atoms with Gasteiger partial charge in [0.2, 0.25) is 0 Å². The zero-order valence-corrected chi connectivity index (χ0v) is 7.14. The molecule has 1 aliphatic rings. The molecule has 0 bridgehead atoms. The number of aliphatic hydroxyl groups excluding tert-OH is 2. The summed E-state index contributed by atoms with van der Waals surface area (Å²) in [5.41, 5.74) is 0. The lowest BCUT2D eigenvalue weighted by atomic mass is 10.1. The Bertz CT molecular complexity index is 124. The molecule has 4 atom stereocenters. The van der Waals surface area contributed by atoms with Crippen LogP contribution in [0, 0.1) is 0 Å². The number of hydrogen-bond acceptors (Lipinski definition) is 5. The van der Waals surface area contributed by atoms with Gasteiger partial charge >= 0.3 is 0 Å². The summed E-state index contributed by atoms with van der Waals surface area (Å²) < 4.78 is 14.7. The summed E-state index contributed by atoms with van der Waals surface area (Å²) in [6.07, 6.45) is -2.93. The smallest absolute Gasteiger partial charge is 0.183 e. The lowest BCUT2D eigenvalue weighted by Gasteiger charge is -2.36. The highest BCUT2D eigenvalue weighted by atomic mass is 16.7. The molecule has 1 heterocycles. The molecule has 5 heteroatoms. The highest BCUT2D eigenvalue weighted by molar-refractivity contribution is 4.84. The van der Waals surface area contributed by atoms with Gasteiger partial charge in [-0.2, -0.15) is 0 Å². The summed E-state index contributed by atoms with van der Waals surface area (Å²) in [6.45, 7) is 0.0690. The predicted molar refractivity (Wildman–Crippen MR) is 39.6 cm³/mol. The van der Waals surface area contributed by atoms with Gasteiger partial charge < -0.3 is 24.4 Å². The van der Waals surface area contributed by atoms with Crippen molar-refractivity contribution >= 4 is 0 Å². The fraction of sp³-hybridized carbons (Fsp3) is 1.00. The maximum absolute atomic E-state index is 9.35. The maximum Gasteiger partial charge on any atom is 0.183 e. The SMILES string of the molecule is CO[C@@H]1[C@@H](OC)[C@@H](O)OC[C@H]1O. The minimum atomic E-state index is -1.02. The molecule has 2 N–H and O–H groups in total. The summed E-state index contributed by atoms with van der Waals surface area (Å²) in [7, 11) is 2.89. The van der Waals surface area contributed by atoms with Crippen molar-refractivity contribution in [2.45, 2.75) is 24.6 Å². The fourth-order valence-corrected chi connectivity index (χ4v) is 1.31. The second-order valence-electron chi connectivity index (χ2n) is 2.69. The van der Waals surface area contributed by atoms with Crippen LogP contribution in [-0.4, -0.2) is 55.6 Å². The molecule has 0 unspecified atom stereocenters. The standard InChI is InChI=1S/C7H14O5/c1-10-5-4(8)3-12-7(9)6(5)11-2/h4-9H,3H2,1-2H3/t4-,5+,6-,7+/m1/s1. The number of ether oxygens (including phenoxy) is 3. The largest absolute Gasteiger partial charge is 0.388 e. The molecule has 0 amide bonds. The summed E-state index contributed by atoms with van der Waals surface area (Å²) in [5, 5.41) is 18.6. The van der Waals surface area contributed by atoms with E-state index in [0.29, 0.717) is 0 Å². The number of aliphatic hydroxyl groups is 2. The molecule has 1 saturated heterocycles. The van der Waals surface area contributed by atoms with Crippen molar-refractivity contribution in [3.63, 3.8) is 0 Å². The second-order valence-corrected chi connectivity index (χ2v) is 2.69. The normalized spacial score (nSPS) is 43.0. The van der Waals surface area contributed by atoms with Crippen LogP contribution in [-0.2, 0) is 14.2 Å². The third kappa shape index (κ3) is 1.75. The highest BCUT2D eigenvalue weighted by Gasteiger charge is 2.39. The molecule has 0 aromatic heterocycles. The van der Waals surface area contributed by atoms with Gasteiger partial charge in [-0.15, -0.1) is 0 Å². The lowest BCUT2D eigenvalue weighted by Crippen LogP contribution is -2.54. The fourth-order valence-electron chi connectivity index (χ4n) is 1.31. The lowest BCUT2D eigenvalue weighted by molar-refractivity contribution is -0.264. The van der Waals surface area contributed by atoms with E-state index in [4.69, 9.17) is 14.2 Å². The van der Waals surface area contributed by atoms with Gasteiger partial charge in [-0.3, -0.25) is 0 Å². The van der Waals surface area contributed by atoms with Gasteiger partial charge in [-0.1, -0.05) is 0 Å². The van der Waals surface area contributed by atoms with E-state index in [-0.39, 0.29) is 6.61 Å². The Hall–Kier alpha value is -0.200. The van der Waals surface area contributed by atoms with Gasteiger partial charge in [0, 0.05) is 14.2 Å². The van der Waals surface area contributed by atoms with Crippen molar-refractivity contribution in [1.29, 1.82) is 0 Å². The first-order chi connectivity index (χ1) is 5.70. The van der Waals surface area contributed by atoms with Crippen molar-refractivity contribution in [2.24, 2.45) is 0 Å². The van der Waals surface area contributed by atoms with Crippen LogP contribution < -0.4 is 0 Å². The zero-order chi connectivity index (χ0) is 9.14. The van der Waals surface area contributed by atoms with Gasteiger partial charge in [0.1, 0.15) is 18.3 Å². The molecular weight excluding hydrogens is 164 g/mol. The van der Waals surface area contributed by atoms with Crippen molar-refractivity contribution < 1.29 is 24.4 Å². The van der Waals surface area contributed by atoms with Crippen molar-refractivity contribution in [3.8, 4) is 0 Å². The Morgan fingerprint density at radius 3 is 2.17 bits per heavy atom. The Morgan fingerprint density at radius 1 is 1.17 bits per heavy atom. The Balaban J connectivity index is 2.61. The Labute approximate surface area is 70.9 Å². The van der Waals surface area contributed by atoms with Crippen molar-refractivity contribution in [3.05, 3.63) is 0 Å². The van der Waals surface area contributed by atoms with E-state index in [9.17, 15) is 10.2 Å². The van der Waals surface area contributed by atoms with Gasteiger partial charge in [0.05, 0.1) is 6.61 Å². The number of methoxy groups -OCH3 is 2. The van der Waals surface area contributed by atoms with Crippen LogP contribution in [0.5, 0.6) is 0 Å². The van der Waals surface area contributed by atoms with Crippen molar-refractivity contribution in [2.75, 3.05) is 20.8 Å². The third-order valence-corrected chi connectivity index (χ3v) is 1.97. The predicted octanol–water partition coefficient (Wildman–Crippen LogP) is -1.27. The van der Waals surface area contributed by atoms with E-state index >= 15 is 0 Å². The first-order valence-electron chi connectivity index (χ1n) is 3.74. The topological polar surface area (TPSA) is 68.2 Å². The quantitative estimate of drug-likeness (QED) is 0.551. The average Bonchev–Trinajstić information content (AvgIpc) is 2.08. The van der Waals surface area contributed by atoms with Crippen molar-refractivity contribution in [1.82, 2.24) is 0 Å². The minimum Gasteiger partial charge on any atom is -0.388 e. The monoisotopic (exact) mass is 178 g/mol. The van der Waals surface area contributed by atoms with Gasteiger partial charge in [0.15, 0.2) is 6.29 Å². The highest BCUT2D eigenvalue weighted by Crippen LogP contribution is 2.18. The van der Waals surface area contributed by atoms with E-state index in [0.717, 1.165) is 0 Å². The maximum atomic E-state index is 9.35. The summed E-state index contributed by atoms with van der Waals surface area (Å²) in [4.78, 5) is 0. The Morgan fingerprint density at radius 2 is 1.75 bits per heavy atom. The van der Waals surface area contributed by atoms with E-state index in [1.54, 1.807) is 0 Å². The molecule has 5 nitrogen and oxygen atoms in total. The van der Waals surface area contributed by atoms with Gasteiger partial charge in [-0.25, -0.2) is 0 Å². The van der Waals surface area contributed by atoms with Crippen LogP contribution in [0.2, 0.25) is 0 Å². The molecule has 72 valence electrons. The molecule has 0 saturated carbocycles. The summed E-state index contributed by atoms with van der Waals surface area (Å²) in [5.74, 6) is 0. The average molecular weight is 178 g/mol. The van der Waals surface area contributed by atoms with Crippen LogP contribution in [0.3, 0.4) is 0 Å². The zero-order valence-electron chi connectivity index (χ0n) is 7.14. The second kappa shape index (κ2) is 4.15.